The van der Waals surface area contributed by atoms with E-state index in [2.05, 4.69) is 6.58 Å². The Kier molecular flexibility index (Phi) is 3.81. The highest BCUT2D eigenvalue weighted by Gasteiger charge is 2.66. The van der Waals surface area contributed by atoms with Crippen LogP contribution in [0.25, 0.3) is 0 Å². The molecule has 0 aromatic heterocycles. The normalized spacial score (nSPS) is 44.8. The number of esters is 1. The van der Waals surface area contributed by atoms with Crippen LogP contribution in [-0.2, 0) is 23.8 Å². The number of hydrogen-bond donors (Lipinski definition) is 1. The summed E-state index contributed by atoms with van der Waals surface area (Å²) in [6, 6.07) is 0. The number of carbonyl (C=O) groups excluding carboxylic acids is 2. The quantitative estimate of drug-likeness (QED) is 0.437. The molecule has 4 heterocycles. The topological polar surface area (TPSA) is 85.4 Å². The maximum atomic E-state index is 12.7. The molecule has 1 saturated heterocycles. The Morgan fingerprint density at radius 3 is 2.77 bits per heavy atom. The molecule has 0 spiro atoms. The van der Waals surface area contributed by atoms with Gasteiger partial charge in [0, 0.05) is 17.9 Å². The lowest BCUT2D eigenvalue weighted by Gasteiger charge is -2.38. The number of epoxide rings is 1. The molecule has 0 aromatic rings. The molecule has 4 aliphatic heterocycles. The third kappa shape index (κ3) is 2.68. The first-order valence-electron chi connectivity index (χ1n) is 9.02. The number of ether oxygens (including phenoxy) is 3. The molecule has 6 atom stereocenters. The highest BCUT2D eigenvalue weighted by molar-refractivity contribution is 5.99. The molecule has 1 fully saturated rings. The van der Waals surface area contributed by atoms with Crippen LogP contribution in [0.3, 0.4) is 0 Å². The Balaban J connectivity index is 1.76. The van der Waals surface area contributed by atoms with Crippen molar-refractivity contribution in [2.45, 2.75) is 69.7 Å². The van der Waals surface area contributed by atoms with E-state index in [1.165, 1.54) is 6.08 Å². The Morgan fingerprint density at radius 2 is 2.08 bits per heavy atom. The molecule has 6 heteroatoms. The molecule has 0 saturated carbocycles. The molecule has 4 rings (SSSR count). The molecule has 4 aliphatic rings. The van der Waals surface area contributed by atoms with Gasteiger partial charge in [-0.2, -0.15) is 0 Å². The molecule has 1 N–H and O–H groups in total. The Hall–Kier alpha value is -1.76. The van der Waals surface area contributed by atoms with Crippen LogP contribution in [0, 0.1) is 5.92 Å². The fourth-order valence-corrected chi connectivity index (χ4v) is 4.40. The summed E-state index contributed by atoms with van der Waals surface area (Å²) in [5.74, 6) is -2.48. The smallest absolute Gasteiger partial charge is 0.334 e. The van der Waals surface area contributed by atoms with Gasteiger partial charge in [0.05, 0.1) is 0 Å². The second-order valence-corrected chi connectivity index (χ2v) is 8.12. The maximum Gasteiger partial charge on any atom is 0.334 e. The minimum atomic E-state index is -1.68. The Labute approximate surface area is 152 Å². The largest absolute Gasteiger partial charge is 0.455 e. The van der Waals surface area contributed by atoms with Crippen molar-refractivity contribution < 1.29 is 28.9 Å². The van der Waals surface area contributed by atoms with E-state index in [1.807, 2.05) is 19.9 Å². The van der Waals surface area contributed by atoms with E-state index < -0.39 is 23.6 Å². The molecule has 4 bridgehead atoms. The predicted octanol–water partition coefficient (Wildman–Crippen LogP) is 1.97. The molecule has 0 amide bonds. The van der Waals surface area contributed by atoms with Gasteiger partial charge in [-0.1, -0.05) is 12.2 Å². The van der Waals surface area contributed by atoms with Crippen LogP contribution in [0.1, 0.15) is 40.0 Å². The summed E-state index contributed by atoms with van der Waals surface area (Å²) in [4.78, 5) is 24.9. The highest BCUT2D eigenvalue weighted by Crippen LogP contribution is 2.51. The number of fused-ring (bicyclic) bond motifs is 5. The van der Waals surface area contributed by atoms with E-state index >= 15 is 0 Å². The predicted molar refractivity (Wildman–Crippen MR) is 92.0 cm³/mol. The summed E-state index contributed by atoms with van der Waals surface area (Å²) in [5, 5.41) is 11.1. The third-order valence-electron chi connectivity index (χ3n) is 5.88. The Morgan fingerprint density at radius 1 is 1.35 bits per heavy atom. The molecule has 1 unspecified atom stereocenters. The first-order chi connectivity index (χ1) is 12.1. The maximum absolute atomic E-state index is 12.7. The first-order valence-corrected chi connectivity index (χ1v) is 9.02. The molecule has 0 aromatic carbocycles. The van der Waals surface area contributed by atoms with Gasteiger partial charge >= 0.3 is 5.97 Å². The highest BCUT2D eigenvalue weighted by atomic mass is 16.7. The lowest BCUT2D eigenvalue weighted by atomic mass is 9.82. The van der Waals surface area contributed by atoms with E-state index in [0.29, 0.717) is 30.4 Å². The minimum Gasteiger partial charge on any atom is -0.455 e. The summed E-state index contributed by atoms with van der Waals surface area (Å²) < 4.78 is 17.2. The van der Waals surface area contributed by atoms with Crippen LogP contribution >= 0.6 is 0 Å². The lowest BCUT2D eigenvalue weighted by molar-refractivity contribution is -0.220. The fourth-order valence-electron chi connectivity index (χ4n) is 4.40. The number of aliphatic hydroxyl groups is 1. The lowest BCUT2D eigenvalue weighted by Crippen LogP contribution is -2.51. The van der Waals surface area contributed by atoms with Crippen molar-refractivity contribution in [2.75, 3.05) is 0 Å². The van der Waals surface area contributed by atoms with Crippen molar-refractivity contribution in [1.82, 2.24) is 0 Å². The van der Waals surface area contributed by atoms with Gasteiger partial charge in [0.2, 0.25) is 5.79 Å². The zero-order valence-corrected chi connectivity index (χ0v) is 15.3. The zero-order valence-electron chi connectivity index (χ0n) is 15.3. The van der Waals surface area contributed by atoms with Gasteiger partial charge in [0.1, 0.15) is 23.9 Å². The SMILES string of the molecule is C=C(C)C1CCC2=C[C@H](C[C@@]3(C)O[C@@H]3[C@@]3(O)C=C(C)C(=O)[C@H]1O3)OC2=O. The van der Waals surface area contributed by atoms with Crippen LogP contribution in [0.5, 0.6) is 0 Å². The van der Waals surface area contributed by atoms with Gasteiger partial charge < -0.3 is 19.3 Å². The molecule has 26 heavy (non-hydrogen) atoms. The van der Waals surface area contributed by atoms with Gasteiger partial charge in [0.15, 0.2) is 5.78 Å². The van der Waals surface area contributed by atoms with Crippen molar-refractivity contribution in [3.63, 3.8) is 0 Å². The van der Waals surface area contributed by atoms with Crippen LogP contribution in [0.4, 0.5) is 0 Å². The minimum absolute atomic E-state index is 0.164. The molecule has 6 nitrogen and oxygen atoms in total. The number of Topliss-reactive ketones (excluding diaryl/α,β-unsaturated/α-hetero) is 1. The number of carbonyl (C=O) groups is 2. The van der Waals surface area contributed by atoms with Crippen molar-refractivity contribution in [2.24, 2.45) is 5.92 Å². The third-order valence-corrected chi connectivity index (χ3v) is 5.88. The van der Waals surface area contributed by atoms with Gasteiger partial charge in [-0.3, -0.25) is 4.79 Å². The van der Waals surface area contributed by atoms with Crippen LogP contribution in [0.2, 0.25) is 0 Å². The molecule has 0 radical (unpaired) electrons. The molecule has 0 aliphatic carbocycles. The number of ketones is 1. The van der Waals surface area contributed by atoms with Crippen LogP contribution < -0.4 is 0 Å². The average molecular weight is 360 g/mol. The number of hydrogen-bond acceptors (Lipinski definition) is 6. The summed E-state index contributed by atoms with van der Waals surface area (Å²) in [5.41, 5.74) is 1.17. The molecular formula is C20H24O6. The van der Waals surface area contributed by atoms with Crippen LogP contribution in [0.15, 0.2) is 35.5 Å². The van der Waals surface area contributed by atoms with Crippen molar-refractivity contribution in [3.05, 3.63) is 35.5 Å². The first kappa shape index (κ1) is 17.6. The monoisotopic (exact) mass is 360 g/mol. The van der Waals surface area contributed by atoms with Gasteiger partial charge in [0.25, 0.3) is 0 Å². The van der Waals surface area contributed by atoms with Crippen molar-refractivity contribution >= 4 is 11.8 Å². The van der Waals surface area contributed by atoms with E-state index in [9.17, 15) is 14.7 Å². The van der Waals surface area contributed by atoms with E-state index in [1.54, 1.807) is 6.92 Å². The average Bonchev–Trinajstić information content (AvgIpc) is 3.09. The van der Waals surface area contributed by atoms with Crippen LogP contribution in [-0.4, -0.2) is 46.6 Å². The zero-order chi connectivity index (χ0) is 18.9. The van der Waals surface area contributed by atoms with E-state index in [-0.39, 0.29) is 23.8 Å². The fraction of sp³-hybridized carbons (Fsp3) is 0.600. The van der Waals surface area contributed by atoms with Crippen molar-refractivity contribution in [1.29, 1.82) is 0 Å². The second kappa shape index (κ2) is 5.62. The second-order valence-electron chi connectivity index (χ2n) is 8.12. The summed E-state index contributed by atoms with van der Waals surface area (Å²) in [6.07, 6.45) is 2.88. The van der Waals surface area contributed by atoms with Gasteiger partial charge in [-0.25, -0.2) is 4.79 Å². The number of rotatable bonds is 1. The van der Waals surface area contributed by atoms with Gasteiger partial charge in [-0.05, 0) is 51.3 Å². The summed E-state index contributed by atoms with van der Waals surface area (Å²) in [7, 11) is 0. The molecule has 140 valence electrons. The standard InChI is InChI=1S/C20H24O6/c1-10(2)14-6-5-12-7-13(24-17(12)22)9-19(4)18(26-19)20(23)8-11(3)15(21)16(14)25-20/h7-8,13-14,16,18,23H,1,5-6,9H2,2-4H3/t13-,14?,16+,18+,19-,20-/m1/s1. The molecular weight excluding hydrogens is 336 g/mol. The summed E-state index contributed by atoms with van der Waals surface area (Å²) in [6.45, 7) is 9.37. The van der Waals surface area contributed by atoms with E-state index in [4.69, 9.17) is 14.2 Å². The Bertz CT molecular complexity index is 764. The van der Waals surface area contributed by atoms with E-state index in [0.717, 1.165) is 5.57 Å². The van der Waals surface area contributed by atoms with Gasteiger partial charge in [-0.15, -0.1) is 0 Å². The summed E-state index contributed by atoms with van der Waals surface area (Å²) >= 11 is 0. The van der Waals surface area contributed by atoms with Crippen molar-refractivity contribution in [3.8, 4) is 0 Å².